The van der Waals surface area contributed by atoms with Gasteiger partial charge in [-0.3, -0.25) is 4.79 Å². The number of halogens is 1. The lowest BCUT2D eigenvalue weighted by molar-refractivity contribution is -0.114. The number of hydrogen-bond donors (Lipinski definition) is 1. The maximum Gasteiger partial charge on any atom is 0.221 e. The van der Waals surface area contributed by atoms with Gasteiger partial charge in [-0.05, 0) is 48.9 Å². The topological polar surface area (TPSA) is 47.6 Å². The molecule has 2 rings (SSSR count). The van der Waals surface area contributed by atoms with Crippen molar-refractivity contribution >= 4 is 11.6 Å². The van der Waals surface area contributed by atoms with E-state index in [1.807, 2.05) is 19.1 Å². The van der Waals surface area contributed by atoms with E-state index in [4.69, 9.17) is 9.47 Å². The molecule has 0 radical (unpaired) electrons. The SMILES string of the molecule is CC(=O)Nc1ccc(C)cc1OCCOc1ccc(F)cc1. The minimum Gasteiger partial charge on any atom is -0.490 e. The average Bonchev–Trinajstić information content (AvgIpc) is 2.47. The Hall–Kier alpha value is -2.56. The molecule has 0 spiro atoms. The minimum atomic E-state index is -0.302. The van der Waals surface area contributed by atoms with Crippen molar-refractivity contribution in [2.75, 3.05) is 18.5 Å². The number of hydrogen-bond acceptors (Lipinski definition) is 3. The Kier molecular flexibility index (Phi) is 5.36. The van der Waals surface area contributed by atoms with Gasteiger partial charge in [-0.25, -0.2) is 4.39 Å². The predicted molar refractivity (Wildman–Crippen MR) is 82.9 cm³/mol. The van der Waals surface area contributed by atoms with Gasteiger partial charge in [0, 0.05) is 6.92 Å². The number of benzene rings is 2. The van der Waals surface area contributed by atoms with Crippen molar-refractivity contribution in [3.63, 3.8) is 0 Å². The molecule has 116 valence electrons. The molecule has 0 aliphatic carbocycles. The van der Waals surface area contributed by atoms with Gasteiger partial charge in [-0.15, -0.1) is 0 Å². The Bertz CT molecular complexity index is 641. The third-order valence-electron chi connectivity index (χ3n) is 2.87. The number of anilines is 1. The monoisotopic (exact) mass is 303 g/mol. The molecule has 0 aliphatic heterocycles. The maximum atomic E-state index is 12.8. The molecule has 0 saturated heterocycles. The molecule has 0 aliphatic rings. The summed E-state index contributed by atoms with van der Waals surface area (Å²) in [7, 11) is 0. The molecule has 1 amide bonds. The van der Waals surface area contributed by atoms with Crippen LogP contribution in [-0.4, -0.2) is 19.1 Å². The van der Waals surface area contributed by atoms with E-state index in [0.29, 0.717) is 30.4 Å². The summed E-state index contributed by atoms with van der Waals surface area (Å²) in [5.74, 6) is 0.716. The highest BCUT2D eigenvalue weighted by atomic mass is 19.1. The summed E-state index contributed by atoms with van der Waals surface area (Å²) in [4.78, 5) is 11.2. The fraction of sp³-hybridized carbons (Fsp3) is 0.235. The zero-order valence-corrected chi connectivity index (χ0v) is 12.6. The number of aryl methyl sites for hydroxylation is 1. The normalized spacial score (nSPS) is 10.1. The van der Waals surface area contributed by atoms with Gasteiger partial charge in [0.25, 0.3) is 0 Å². The maximum absolute atomic E-state index is 12.8. The Morgan fingerprint density at radius 2 is 1.77 bits per heavy atom. The van der Waals surface area contributed by atoms with Gasteiger partial charge in [-0.1, -0.05) is 6.07 Å². The molecule has 0 atom stereocenters. The highest BCUT2D eigenvalue weighted by molar-refractivity contribution is 5.90. The van der Waals surface area contributed by atoms with E-state index in [0.717, 1.165) is 5.56 Å². The Labute approximate surface area is 128 Å². The Morgan fingerprint density at radius 3 is 2.45 bits per heavy atom. The third kappa shape index (κ3) is 4.77. The number of nitrogens with one attached hydrogen (secondary N) is 1. The quantitative estimate of drug-likeness (QED) is 0.830. The molecule has 0 fully saturated rings. The Balaban J connectivity index is 1.89. The zero-order chi connectivity index (χ0) is 15.9. The molecular formula is C17H18FNO3. The van der Waals surface area contributed by atoms with Crippen LogP contribution in [-0.2, 0) is 4.79 Å². The van der Waals surface area contributed by atoms with Crippen LogP contribution in [0.4, 0.5) is 10.1 Å². The van der Waals surface area contributed by atoms with Gasteiger partial charge in [0.05, 0.1) is 5.69 Å². The van der Waals surface area contributed by atoms with Crippen molar-refractivity contribution in [3.8, 4) is 11.5 Å². The standard InChI is InChI=1S/C17H18FNO3/c1-12-3-8-16(19-13(2)20)17(11-12)22-10-9-21-15-6-4-14(18)5-7-15/h3-8,11H,9-10H2,1-2H3,(H,19,20). The molecule has 5 heteroatoms. The fourth-order valence-electron chi connectivity index (χ4n) is 1.88. The minimum absolute atomic E-state index is 0.156. The van der Waals surface area contributed by atoms with Crippen LogP contribution in [0.5, 0.6) is 11.5 Å². The highest BCUT2D eigenvalue weighted by Gasteiger charge is 2.06. The average molecular weight is 303 g/mol. The molecule has 0 saturated carbocycles. The number of ether oxygens (including phenoxy) is 2. The molecule has 0 heterocycles. The summed E-state index contributed by atoms with van der Waals surface area (Å²) >= 11 is 0. The predicted octanol–water partition coefficient (Wildman–Crippen LogP) is 3.55. The molecule has 2 aromatic carbocycles. The van der Waals surface area contributed by atoms with Crippen molar-refractivity contribution < 1.29 is 18.7 Å². The van der Waals surface area contributed by atoms with Crippen molar-refractivity contribution in [2.45, 2.75) is 13.8 Å². The van der Waals surface area contributed by atoms with E-state index >= 15 is 0 Å². The van der Waals surface area contributed by atoms with E-state index in [1.165, 1.54) is 19.1 Å². The molecule has 2 aromatic rings. The van der Waals surface area contributed by atoms with Gasteiger partial charge < -0.3 is 14.8 Å². The van der Waals surface area contributed by atoms with Crippen LogP contribution < -0.4 is 14.8 Å². The van der Waals surface area contributed by atoms with Crippen molar-refractivity contribution in [1.29, 1.82) is 0 Å². The second-order valence-corrected chi connectivity index (χ2v) is 4.83. The molecular weight excluding hydrogens is 285 g/mol. The zero-order valence-electron chi connectivity index (χ0n) is 12.6. The first kappa shape index (κ1) is 15.8. The lowest BCUT2D eigenvalue weighted by Crippen LogP contribution is -2.12. The lowest BCUT2D eigenvalue weighted by atomic mass is 10.2. The second kappa shape index (κ2) is 7.45. The summed E-state index contributed by atoms with van der Waals surface area (Å²) in [5.41, 5.74) is 1.66. The van der Waals surface area contributed by atoms with Crippen molar-refractivity contribution in [2.24, 2.45) is 0 Å². The van der Waals surface area contributed by atoms with Gasteiger partial charge in [0.15, 0.2) is 0 Å². The number of rotatable bonds is 6. The van der Waals surface area contributed by atoms with E-state index in [2.05, 4.69) is 5.32 Å². The smallest absolute Gasteiger partial charge is 0.221 e. The molecule has 4 nitrogen and oxygen atoms in total. The first-order valence-corrected chi connectivity index (χ1v) is 6.94. The summed E-state index contributed by atoms with van der Waals surface area (Å²) in [6.07, 6.45) is 0. The molecule has 22 heavy (non-hydrogen) atoms. The van der Waals surface area contributed by atoms with E-state index in [9.17, 15) is 9.18 Å². The van der Waals surface area contributed by atoms with Gasteiger partial charge in [0.1, 0.15) is 30.5 Å². The molecule has 0 bridgehead atoms. The highest BCUT2D eigenvalue weighted by Crippen LogP contribution is 2.25. The Morgan fingerprint density at radius 1 is 1.09 bits per heavy atom. The molecule has 1 N–H and O–H groups in total. The lowest BCUT2D eigenvalue weighted by Gasteiger charge is -2.13. The second-order valence-electron chi connectivity index (χ2n) is 4.83. The van der Waals surface area contributed by atoms with Gasteiger partial charge in [-0.2, -0.15) is 0 Å². The largest absolute Gasteiger partial charge is 0.490 e. The van der Waals surface area contributed by atoms with Crippen LogP contribution in [0.1, 0.15) is 12.5 Å². The van der Waals surface area contributed by atoms with Crippen LogP contribution in [0.2, 0.25) is 0 Å². The number of amides is 1. The van der Waals surface area contributed by atoms with E-state index in [-0.39, 0.29) is 11.7 Å². The van der Waals surface area contributed by atoms with Gasteiger partial charge in [0.2, 0.25) is 5.91 Å². The van der Waals surface area contributed by atoms with Crippen LogP contribution in [0.25, 0.3) is 0 Å². The first-order chi connectivity index (χ1) is 10.5. The van der Waals surface area contributed by atoms with Crippen LogP contribution >= 0.6 is 0 Å². The summed E-state index contributed by atoms with van der Waals surface area (Å²) in [6, 6.07) is 11.3. The summed E-state index contributed by atoms with van der Waals surface area (Å²) in [6.45, 7) is 4.02. The summed E-state index contributed by atoms with van der Waals surface area (Å²) in [5, 5.41) is 2.72. The van der Waals surface area contributed by atoms with E-state index in [1.54, 1.807) is 18.2 Å². The van der Waals surface area contributed by atoms with Crippen LogP contribution in [0.15, 0.2) is 42.5 Å². The number of carbonyl (C=O) groups is 1. The fourth-order valence-corrected chi connectivity index (χ4v) is 1.88. The van der Waals surface area contributed by atoms with Crippen molar-refractivity contribution in [1.82, 2.24) is 0 Å². The summed E-state index contributed by atoms with van der Waals surface area (Å²) < 4.78 is 23.9. The first-order valence-electron chi connectivity index (χ1n) is 6.94. The third-order valence-corrected chi connectivity index (χ3v) is 2.87. The number of carbonyl (C=O) groups excluding carboxylic acids is 1. The van der Waals surface area contributed by atoms with Crippen molar-refractivity contribution in [3.05, 3.63) is 53.8 Å². The van der Waals surface area contributed by atoms with Crippen LogP contribution in [0.3, 0.4) is 0 Å². The molecule has 0 unspecified atom stereocenters. The molecule has 0 aromatic heterocycles. The van der Waals surface area contributed by atoms with E-state index < -0.39 is 0 Å². The van der Waals surface area contributed by atoms with Crippen LogP contribution in [0, 0.1) is 12.7 Å². The van der Waals surface area contributed by atoms with Gasteiger partial charge >= 0.3 is 0 Å².